The summed E-state index contributed by atoms with van der Waals surface area (Å²) in [6, 6.07) is 8.33. The molecule has 0 spiro atoms. The average Bonchev–Trinajstić information content (AvgIpc) is 2.58. The van der Waals surface area contributed by atoms with Crippen LogP contribution in [0.15, 0.2) is 46.2 Å². The monoisotopic (exact) mass is 394 g/mol. The van der Waals surface area contributed by atoms with Crippen LogP contribution >= 0.6 is 21.6 Å². The summed E-state index contributed by atoms with van der Waals surface area (Å²) in [5, 5.41) is 0.252. The molecule has 138 valence electrons. The van der Waals surface area contributed by atoms with E-state index in [0.717, 1.165) is 18.8 Å². The Kier molecular flexibility index (Phi) is 7.32. The maximum Gasteiger partial charge on any atom is 0.192 e. The molecule has 0 radical (unpaired) electrons. The summed E-state index contributed by atoms with van der Waals surface area (Å²) in [4.78, 5) is 2.52. The lowest BCUT2D eigenvalue weighted by atomic mass is 10.2. The molecule has 1 aliphatic heterocycles. The average molecular weight is 395 g/mol. The molecule has 0 aromatic heterocycles. The molecule has 2 nitrogen and oxygen atoms in total. The SMILES string of the molecule is CCc1cccc(OCC2=CC=C(CO[Si](C)(C)C(C)(C)C)SS2)c1. The minimum absolute atomic E-state index is 0.252. The third-order valence-electron chi connectivity index (χ3n) is 4.78. The topological polar surface area (TPSA) is 18.5 Å². The molecule has 0 N–H and O–H groups in total. The quantitative estimate of drug-likeness (QED) is 0.373. The van der Waals surface area contributed by atoms with Crippen LogP contribution < -0.4 is 4.74 Å². The summed E-state index contributed by atoms with van der Waals surface area (Å²) in [7, 11) is 1.89. The Morgan fingerprint density at radius 3 is 2.20 bits per heavy atom. The van der Waals surface area contributed by atoms with Crippen LogP contribution in [0.25, 0.3) is 0 Å². The highest BCUT2D eigenvalue weighted by Crippen LogP contribution is 2.42. The van der Waals surface area contributed by atoms with Gasteiger partial charge in [-0.3, -0.25) is 0 Å². The second-order valence-corrected chi connectivity index (χ2v) is 15.0. The van der Waals surface area contributed by atoms with E-state index in [-0.39, 0.29) is 5.04 Å². The van der Waals surface area contributed by atoms with E-state index in [2.05, 4.69) is 71.1 Å². The molecular formula is C20H30O2S2Si. The van der Waals surface area contributed by atoms with E-state index in [1.54, 1.807) is 21.6 Å². The van der Waals surface area contributed by atoms with Gasteiger partial charge in [0.15, 0.2) is 8.32 Å². The van der Waals surface area contributed by atoms with Crippen molar-refractivity contribution in [2.45, 2.75) is 52.2 Å². The van der Waals surface area contributed by atoms with Crippen LogP contribution in [0.5, 0.6) is 5.75 Å². The smallest absolute Gasteiger partial charge is 0.192 e. The summed E-state index contributed by atoms with van der Waals surface area (Å²) in [6.07, 6.45) is 5.37. The van der Waals surface area contributed by atoms with E-state index < -0.39 is 8.32 Å². The predicted octanol–water partition coefficient (Wildman–Crippen LogP) is 6.81. The van der Waals surface area contributed by atoms with E-state index in [9.17, 15) is 0 Å². The number of benzene rings is 1. The van der Waals surface area contributed by atoms with Crippen molar-refractivity contribution in [1.82, 2.24) is 0 Å². The number of aryl methyl sites for hydroxylation is 1. The summed E-state index contributed by atoms with van der Waals surface area (Å²) in [5.74, 6) is 0.946. The Morgan fingerprint density at radius 1 is 1.00 bits per heavy atom. The number of hydrogen-bond donors (Lipinski definition) is 0. The van der Waals surface area contributed by atoms with Crippen LogP contribution in [0.1, 0.15) is 33.3 Å². The zero-order chi connectivity index (χ0) is 18.5. The highest BCUT2D eigenvalue weighted by molar-refractivity contribution is 8.79. The van der Waals surface area contributed by atoms with E-state index >= 15 is 0 Å². The Labute approximate surface area is 162 Å². The van der Waals surface area contributed by atoms with Gasteiger partial charge >= 0.3 is 0 Å². The lowest BCUT2D eigenvalue weighted by molar-refractivity contribution is 0.325. The van der Waals surface area contributed by atoms with E-state index in [4.69, 9.17) is 9.16 Å². The van der Waals surface area contributed by atoms with Crippen molar-refractivity contribution in [2.24, 2.45) is 0 Å². The molecule has 0 atom stereocenters. The number of rotatable bonds is 7. The summed E-state index contributed by atoms with van der Waals surface area (Å²) < 4.78 is 12.2. The fourth-order valence-electron chi connectivity index (χ4n) is 1.97. The molecule has 1 aromatic carbocycles. The Bertz CT molecular complexity index is 645. The first kappa shape index (κ1) is 20.7. The molecule has 0 bridgehead atoms. The summed E-state index contributed by atoms with van der Waals surface area (Å²) in [5.41, 5.74) is 1.31. The molecule has 0 unspecified atom stereocenters. The van der Waals surface area contributed by atoms with Crippen molar-refractivity contribution in [2.75, 3.05) is 13.2 Å². The third-order valence-corrected chi connectivity index (χ3v) is 11.8. The molecule has 1 aliphatic rings. The van der Waals surface area contributed by atoms with Crippen LogP contribution in [0, 0.1) is 0 Å². The molecule has 0 saturated carbocycles. The van der Waals surface area contributed by atoms with Crippen molar-refractivity contribution in [3.63, 3.8) is 0 Å². The Balaban J connectivity index is 1.86. The van der Waals surface area contributed by atoms with Crippen LogP contribution in [-0.2, 0) is 10.8 Å². The number of ether oxygens (including phenoxy) is 1. The molecular weight excluding hydrogens is 364 g/mol. The Morgan fingerprint density at radius 2 is 1.64 bits per heavy atom. The van der Waals surface area contributed by atoms with Crippen molar-refractivity contribution in [1.29, 1.82) is 0 Å². The molecule has 1 heterocycles. The first-order valence-electron chi connectivity index (χ1n) is 8.81. The van der Waals surface area contributed by atoms with Gasteiger partial charge in [0.05, 0.1) is 6.61 Å². The fourth-order valence-corrected chi connectivity index (χ4v) is 4.96. The maximum atomic E-state index is 6.30. The number of allylic oxidation sites excluding steroid dienone is 2. The van der Waals surface area contributed by atoms with Gasteiger partial charge in [-0.25, -0.2) is 0 Å². The van der Waals surface area contributed by atoms with Crippen LogP contribution in [0.4, 0.5) is 0 Å². The molecule has 0 saturated heterocycles. The van der Waals surface area contributed by atoms with Gasteiger partial charge in [0, 0.05) is 9.81 Å². The second-order valence-electron chi connectivity index (χ2n) is 7.77. The molecule has 0 amide bonds. The standard InChI is InChI=1S/C20H30O2S2Si/c1-7-16-9-8-10-17(13-16)21-14-18-11-12-19(24-23-18)15-22-25(5,6)20(2,3)4/h8-13H,7,14-15H2,1-6H3. The molecule has 0 aliphatic carbocycles. The van der Waals surface area contributed by atoms with E-state index in [0.29, 0.717) is 6.61 Å². The summed E-state index contributed by atoms with van der Waals surface area (Å²) in [6.45, 7) is 14.9. The Hall–Kier alpha value is -0.623. The minimum atomic E-state index is -1.68. The fraction of sp³-hybridized carbons (Fsp3) is 0.500. The maximum absolute atomic E-state index is 6.30. The molecule has 25 heavy (non-hydrogen) atoms. The van der Waals surface area contributed by atoms with Crippen molar-refractivity contribution in [3.8, 4) is 5.75 Å². The first-order valence-corrected chi connectivity index (χ1v) is 13.9. The normalized spacial score (nSPS) is 15.6. The first-order chi connectivity index (χ1) is 11.7. The van der Waals surface area contributed by atoms with Crippen LogP contribution in [0.2, 0.25) is 18.1 Å². The van der Waals surface area contributed by atoms with Gasteiger partial charge in [0.25, 0.3) is 0 Å². The van der Waals surface area contributed by atoms with Gasteiger partial charge in [0.2, 0.25) is 0 Å². The molecule has 5 heteroatoms. The molecule has 1 aromatic rings. The van der Waals surface area contributed by atoms with Gasteiger partial charge in [-0.05, 0) is 54.4 Å². The minimum Gasteiger partial charge on any atom is -0.488 e. The van der Waals surface area contributed by atoms with Crippen LogP contribution in [0.3, 0.4) is 0 Å². The lowest BCUT2D eigenvalue weighted by Crippen LogP contribution is -2.41. The highest BCUT2D eigenvalue weighted by atomic mass is 33.1. The third kappa shape index (κ3) is 6.24. The van der Waals surface area contributed by atoms with Gasteiger partial charge in [-0.2, -0.15) is 0 Å². The van der Waals surface area contributed by atoms with E-state index in [1.807, 2.05) is 6.07 Å². The molecule has 2 rings (SSSR count). The highest BCUT2D eigenvalue weighted by Gasteiger charge is 2.37. The predicted molar refractivity (Wildman–Crippen MR) is 116 cm³/mol. The van der Waals surface area contributed by atoms with Gasteiger partial charge in [-0.1, -0.05) is 61.4 Å². The lowest BCUT2D eigenvalue weighted by Gasteiger charge is -2.36. The molecule has 0 fully saturated rings. The van der Waals surface area contributed by atoms with Crippen molar-refractivity contribution < 1.29 is 9.16 Å². The zero-order valence-electron chi connectivity index (χ0n) is 16.2. The number of hydrogen-bond acceptors (Lipinski definition) is 4. The van der Waals surface area contributed by atoms with Gasteiger partial charge < -0.3 is 9.16 Å². The zero-order valence-corrected chi connectivity index (χ0v) is 18.9. The second kappa shape index (κ2) is 8.85. The van der Waals surface area contributed by atoms with E-state index in [1.165, 1.54) is 15.4 Å². The van der Waals surface area contributed by atoms with Gasteiger partial charge in [-0.15, -0.1) is 0 Å². The summed E-state index contributed by atoms with van der Waals surface area (Å²) >= 11 is 0. The van der Waals surface area contributed by atoms with Crippen molar-refractivity contribution in [3.05, 3.63) is 51.8 Å². The van der Waals surface area contributed by atoms with Crippen LogP contribution in [-0.4, -0.2) is 21.5 Å². The van der Waals surface area contributed by atoms with Gasteiger partial charge in [0.1, 0.15) is 12.4 Å². The largest absolute Gasteiger partial charge is 0.488 e. The van der Waals surface area contributed by atoms with Crippen molar-refractivity contribution >= 4 is 29.9 Å².